The molecule has 2 heterocycles. The number of nitrogens with zero attached hydrogens (tertiary/aromatic N) is 1. The zero-order valence-corrected chi connectivity index (χ0v) is 29.1. The lowest BCUT2D eigenvalue weighted by molar-refractivity contribution is 0.0853. The van der Waals surface area contributed by atoms with Gasteiger partial charge in [0, 0.05) is 34.7 Å². The summed E-state index contributed by atoms with van der Waals surface area (Å²) < 4.78 is 40.0. The van der Waals surface area contributed by atoms with Gasteiger partial charge in [-0.25, -0.2) is 0 Å². The highest BCUT2D eigenvalue weighted by Gasteiger charge is 2.29. The zero-order chi connectivity index (χ0) is 35.2. The number of para-hydroxylation sites is 1. The van der Waals surface area contributed by atoms with Crippen molar-refractivity contribution in [1.29, 1.82) is 0 Å². The molecule has 0 aromatic heterocycles. The van der Waals surface area contributed by atoms with E-state index in [0.717, 1.165) is 22.4 Å². The second kappa shape index (κ2) is 15.4. The van der Waals surface area contributed by atoms with E-state index in [1.807, 2.05) is 48.5 Å². The number of benzene rings is 4. The van der Waals surface area contributed by atoms with Gasteiger partial charge in [-0.3, -0.25) is 4.79 Å². The van der Waals surface area contributed by atoms with Gasteiger partial charge in [0.15, 0.2) is 40.6 Å². The number of oxime groups is 1. The van der Waals surface area contributed by atoms with E-state index >= 15 is 0 Å². The van der Waals surface area contributed by atoms with Gasteiger partial charge in [-0.1, -0.05) is 28.9 Å². The summed E-state index contributed by atoms with van der Waals surface area (Å²) in [5.74, 6) is 3.63. The van der Waals surface area contributed by atoms with Crippen molar-refractivity contribution in [2.45, 2.75) is 25.1 Å². The first-order chi connectivity index (χ1) is 24.4. The molecule has 0 spiro atoms. The molecule has 50 heavy (non-hydrogen) atoms. The van der Waals surface area contributed by atoms with Gasteiger partial charge in [-0.05, 0) is 60.2 Å². The summed E-state index contributed by atoms with van der Waals surface area (Å²) in [6.45, 7) is 0.750. The molecular weight excluding hydrogens is 666 g/mol. The number of methoxy groups -OCH3 is 5. The fourth-order valence-corrected chi connectivity index (χ4v) is 6.05. The number of carbonyl (C=O) groups is 1. The molecule has 12 nitrogen and oxygen atoms in total. The summed E-state index contributed by atoms with van der Waals surface area (Å²) in [6.07, 6.45) is 0.286. The molecule has 0 radical (unpaired) electrons. The van der Waals surface area contributed by atoms with Crippen molar-refractivity contribution in [3.63, 3.8) is 0 Å². The summed E-state index contributed by atoms with van der Waals surface area (Å²) >= 11 is 6.06. The van der Waals surface area contributed by atoms with Gasteiger partial charge in [-0.2, -0.15) is 0 Å². The molecule has 262 valence electrons. The van der Waals surface area contributed by atoms with Gasteiger partial charge in [0.2, 0.25) is 5.75 Å². The number of nitrogens with one attached hydrogen (secondary N) is 2. The van der Waals surface area contributed by atoms with Crippen LogP contribution in [0.15, 0.2) is 71.9 Å². The van der Waals surface area contributed by atoms with Gasteiger partial charge < -0.3 is 48.6 Å². The monoisotopic (exact) mass is 703 g/mol. The molecule has 0 aliphatic carbocycles. The Morgan fingerprint density at radius 2 is 1.42 bits per heavy atom. The van der Waals surface area contributed by atoms with Crippen molar-refractivity contribution < 1.29 is 42.8 Å². The number of ether oxygens (including phenoxy) is 7. The van der Waals surface area contributed by atoms with Gasteiger partial charge in [0.25, 0.3) is 5.91 Å². The van der Waals surface area contributed by atoms with Crippen molar-refractivity contribution in [2.75, 3.05) is 54.1 Å². The summed E-state index contributed by atoms with van der Waals surface area (Å²) in [5.41, 5.74) is 4.34. The van der Waals surface area contributed by atoms with Crippen LogP contribution in [0.2, 0.25) is 5.02 Å². The highest BCUT2D eigenvalue weighted by atomic mass is 35.5. The Labute approximate surface area is 295 Å². The Hall–Kier alpha value is -5.49. The lowest BCUT2D eigenvalue weighted by atomic mass is 9.98. The molecule has 2 N–H and O–H groups in total. The lowest BCUT2D eigenvalue weighted by Crippen LogP contribution is -2.38. The maximum atomic E-state index is 12.7. The topological polar surface area (TPSA) is 127 Å². The molecular formula is C37H38ClN3O9. The second-order valence-electron chi connectivity index (χ2n) is 11.3. The van der Waals surface area contributed by atoms with E-state index in [4.69, 9.17) is 49.6 Å². The number of amides is 1. The quantitative estimate of drug-likeness (QED) is 0.133. The number of hydrogen-bond donors (Lipinski definition) is 2. The van der Waals surface area contributed by atoms with E-state index in [0.29, 0.717) is 82.6 Å². The molecule has 6 rings (SSSR count). The van der Waals surface area contributed by atoms with Crippen molar-refractivity contribution in [3.05, 3.63) is 94.0 Å². The van der Waals surface area contributed by atoms with Crippen molar-refractivity contribution in [3.8, 4) is 40.2 Å². The number of halogens is 1. The normalized spacial score (nSPS) is 16.2. The summed E-state index contributed by atoms with van der Waals surface area (Å²) in [7, 11) is 7.88. The lowest BCUT2D eigenvalue weighted by Gasteiger charge is -2.28. The minimum Gasteiger partial charge on any atom is -0.493 e. The molecule has 13 heteroatoms. The fourth-order valence-electron chi connectivity index (χ4n) is 5.87. The van der Waals surface area contributed by atoms with Crippen molar-refractivity contribution in [1.82, 2.24) is 5.32 Å². The van der Waals surface area contributed by atoms with E-state index in [9.17, 15) is 4.79 Å². The standard InChI is InChI=1S/C37H38ClN3O9/c1-43-31-16-21(36-39-26-12-11-23(38)19-25(26)37(42)40-36)10-13-28(31)48-14-7-15-49-29-9-6-8-24(34(29)46-4)27-20-30(50-41-27)22-17-32(44-2)35(47-5)33(18-22)45-3/h6,8-13,16-19,30,36,39H,7,14-15,20H2,1-5H3,(H,40,42). The van der Waals surface area contributed by atoms with Crippen LogP contribution in [0.3, 0.4) is 0 Å². The SMILES string of the molecule is COc1cc(C2NC(=O)c3cc(Cl)ccc3N2)ccc1OCCCOc1cccc(C2=NOC(c3cc(OC)c(OC)c(OC)c3)C2)c1OC. The Morgan fingerprint density at radius 3 is 2.12 bits per heavy atom. The number of anilines is 1. The molecule has 0 saturated carbocycles. The zero-order valence-electron chi connectivity index (χ0n) is 28.3. The molecule has 4 aromatic rings. The molecule has 0 bridgehead atoms. The maximum Gasteiger partial charge on any atom is 0.255 e. The molecule has 0 fully saturated rings. The smallest absolute Gasteiger partial charge is 0.255 e. The molecule has 2 unspecified atom stereocenters. The largest absolute Gasteiger partial charge is 0.493 e. The van der Waals surface area contributed by atoms with Crippen LogP contribution in [0.25, 0.3) is 0 Å². The molecule has 0 saturated heterocycles. The van der Waals surface area contributed by atoms with E-state index in [2.05, 4.69) is 15.8 Å². The highest BCUT2D eigenvalue weighted by Crippen LogP contribution is 2.43. The van der Waals surface area contributed by atoms with Gasteiger partial charge in [0.1, 0.15) is 6.17 Å². The summed E-state index contributed by atoms with van der Waals surface area (Å²) in [4.78, 5) is 18.5. The minimum absolute atomic E-state index is 0.211. The first kappa shape index (κ1) is 34.4. The van der Waals surface area contributed by atoms with E-state index < -0.39 is 6.17 Å². The Kier molecular flexibility index (Phi) is 10.6. The Morgan fingerprint density at radius 1 is 0.720 bits per heavy atom. The van der Waals surface area contributed by atoms with Crippen LogP contribution in [-0.4, -0.2) is 60.4 Å². The third-order valence-electron chi connectivity index (χ3n) is 8.35. The molecule has 2 aliphatic rings. The first-order valence-corrected chi connectivity index (χ1v) is 16.3. The van der Waals surface area contributed by atoms with Crippen LogP contribution in [0.1, 0.15) is 52.2 Å². The average molecular weight is 704 g/mol. The summed E-state index contributed by atoms with van der Waals surface area (Å²) in [6, 6.07) is 20.1. The van der Waals surface area contributed by atoms with Crippen LogP contribution >= 0.6 is 11.6 Å². The molecule has 4 aromatic carbocycles. The van der Waals surface area contributed by atoms with Gasteiger partial charge in [0.05, 0.1) is 60.0 Å². The van der Waals surface area contributed by atoms with Crippen molar-refractivity contribution in [2.24, 2.45) is 5.16 Å². The van der Waals surface area contributed by atoms with Crippen LogP contribution in [0, 0.1) is 0 Å². The number of fused-ring (bicyclic) bond motifs is 1. The van der Waals surface area contributed by atoms with Crippen LogP contribution in [0.4, 0.5) is 5.69 Å². The highest BCUT2D eigenvalue weighted by molar-refractivity contribution is 6.31. The molecule has 2 aliphatic heterocycles. The number of carbonyl (C=O) groups excluding carboxylic acids is 1. The molecule has 1 amide bonds. The van der Waals surface area contributed by atoms with E-state index in [1.165, 1.54) is 0 Å². The predicted molar refractivity (Wildman–Crippen MR) is 188 cm³/mol. The van der Waals surface area contributed by atoms with Crippen molar-refractivity contribution >= 4 is 28.9 Å². The fraction of sp³-hybridized carbons (Fsp3) is 0.297. The summed E-state index contributed by atoms with van der Waals surface area (Å²) in [5, 5.41) is 11.2. The van der Waals surface area contributed by atoms with Gasteiger partial charge in [-0.15, -0.1) is 0 Å². The van der Waals surface area contributed by atoms with Crippen LogP contribution in [-0.2, 0) is 4.84 Å². The van der Waals surface area contributed by atoms with Crippen LogP contribution < -0.4 is 43.8 Å². The average Bonchev–Trinajstić information content (AvgIpc) is 3.64. The van der Waals surface area contributed by atoms with Gasteiger partial charge >= 0.3 is 0 Å². The first-order valence-electron chi connectivity index (χ1n) is 15.9. The second-order valence-corrected chi connectivity index (χ2v) is 11.8. The van der Waals surface area contributed by atoms with Crippen LogP contribution in [0.5, 0.6) is 40.2 Å². The maximum absolute atomic E-state index is 12.7. The Bertz CT molecular complexity index is 1880. The Balaban J connectivity index is 1.05. The third kappa shape index (κ3) is 7.11. The van der Waals surface area contributed by atoms with E-state index in [-0.39, 0.29) is 12.0 Å². The minimum atomic E-state index is -0.444. The number of rotatable bonds is 14. The predicted octanol–water partition coefficient (Wildman–Crippen LogP) is 6.95. The van der Waals surface area contributed by atoms with E-state index in [1.54, 1.807) is 53.7 Å². The third-order valence-corrected chi connectivity index (χ3v) is 8.58. The number of hydrogen-bond acceptors (Lipinski definition) is 11. The molecule has 2 atom stereocenters.